The Bertz CT molecular complexity index is 312. The largest absolute Gasteiger partial charge is 0.497 e. The highest BCUT2D eigenvalue weighted by Crippen LogP contribution is 2.23. The van der Waals surface area contributed by atoms with Crippen molar-refractivity contribution in [1.82, 2.24) is 0 Å². The van der Waals surface area contributed by atoms with Gasteiger partial charge in [0.25, 0.3) is 0 Å². The molecule has 0 aliphatic rings. The van der Waals surface area contributed by atoms with Crippen LogP contribution in [0.1, 0.15) is 37.9 Å². The van der Waals surface area contributed by atoms with Gasteiger partial charge >= 0.3 is 0 Å². The molecule has 0 spiro atoms. The highest BCUT2D eigenvalue weighted by Gasteiger charge is 2.10. The summed E-state index contributed by atoms with van der Waals surface area (Å²) in [5, 5.41) is 19.3. The predicted molar refractivity (Wildman–Crippen MR) is 63.5 cm³/mol. The van der Waals surface area contributed by atoms with Crippen molar-refractivity contribution in [2.24, 2.45) is 0 Å². The lowest BCUT2D eigenvalue weighted by Gasteiger charge is -2.14. The van der Waals surface area contributed by atoms with Gasteiger partial charge in [-0.25, -0.2) is 0 Å². The van der Waals surface area contributed by atoms with Crippen molar-refractivity contribution in [3.05, 3.63) is 29.8 Å². The molecule has 2 unspecified atom stereocenters. The lowest BCUT2D eigenvalue weighted by molar-refractivity contribution is 0.112. The molecule has 0 aliphatic heterocycles. The van der Waals surface area contributed by atoms with Crippen molar-refractivity contribution in [1.29, 1.82) is 0 Å². The molecule has 0 radical (unpaired) electrons. The van der Waals surface area contributed by atoms with E-state index in [4.69, 9.17) is 4.74 Å². The van der Waals surface area contributed by atoms with E-state index >= 15 is 0 Å². The first-order valence-corrected chi connectivity index (χ1v) is 5.67. The quantitative estimate of drug-likeness (QED) is 0.779. The lowest BCUT2D eigenvalue weighted by atomic mass is 10.0. The van der Waals surface area contributed by atoms with Crippen LogP contribution in [0, 0.1) is 0 Å². The number of rotatable bonds is 6. The molecule has 1 aromatic rings. The molecule has 0 saturated heterocycles. The Balaban J connectivity index is 2.54. The number of ether oxygens (including phenoxy) is 1. The van der Waals surface area contributed by atoms with Crippen molar-refractivity contribution in [3.8, 4) is 5.75 Å². The summed E-state index contributed by atoms with van der Waals surface area (Å²) in [6, 6.07) is 7.39. The SMILES string of the molecule is CCC(O)CCC(O)c1cccc(OC)c1. The summed E-state index contributed by atoms with van der Waals surface area (Å²) in [5.41, 5.74) is 0.836. The maximum absolute atomic E-state index is 9.92. The molecule has 0 aromatic heterocycles. The van der Waals surface area contributed by atoms with E-state index in [-0.39, 0.29) is 6.10 Å². The molecule has 2 atom stereocenters. The van der Waals surface area contributed by atoms with Crippen molar-refractivity contribution in [3.63, 3.8) is 0 Å². The molecule has 16 heavy (non-hydrogen) atoms. The zero-order chi connectivity index (χ0) is 12.0. The molecule has 3 heteroatoms. The summed E-state index contributed by atoms with van der Waals surface area (Å²) in [4.78, 5) is 0. The zero-order valence-corrected chi connectivity index (χ0v) is 9.89. The van der Waals surface area contributed by atoms with Crippen LogP contribution in [0.3, 0.4) is 0 Å². The summed E-state index contributed by atoms with van der Waals surface area (Å²) < 4.78 is 5.09. The third kappa shape index (κ3) is 3.83. The maximum Gasteiger partial charge on any atom is 0.119 e. The van der Waals surface area contributed by atoms with Gasteiger partial charge in [-0.15, -0.1) is 0 Å². The second-order valence-corrected chi connectivity index (χ2v) is 3.93. The topological polar surface area (TPSA) is 49.7 Å². The molecule has 0 amide bonds. The Morgan fingerprint density at radius 3 is 2.62 bits per heavy atom. The summed E-state index contributed by atoms with van der Waals surface area (Å²) in [7, 11) is 1.60. The molecule has 2 N–H and O–H groups in total. The Morgan fingerprint density at radius 1 is 1.25 bits per heavy atom. The molecular weight excluding hydrogens is 204 g/mol. The van der Waals surface area contributed by atoms with Gasteiger partial charge in [-0.3, -0.25) is 0 Å². The molecule has 90 valence electrons. The van der Waals surface area contributed by atoms with Gasteiger partial charge in [0.2, 0.25) is 0 Å². The fraction of sp³-hybridized carbons (Fsp3) is 0.538. The Morgan fingerprint density at radius 2 is 2.00 bits per heavy atom. The van der Waals surface area contributed by atoms with Crippen LogP contribution >= 0.6 is 0 Å². The van der Waals surface area contributed by atoms with Crippen LogP contribution in [-0.4, -0.2) is 23.4 Å². The van der Waals surface area contributed by atoms with Gasteiger partial charge < -0.3 is 14.9 Å². The van der Waals surface area contributed by atoms with Crippen LogP contribution in [0.4, 0.5) is 0 Å². The first kappa shape index (κ1) is 13.0. The normalized spacial score (nSPS) is 14.5. The number of hydrogen-bond acceptors (Lipinski definition) is 3. The first-order valence-electron chi connectivity index (χ1n) is 5.67. The number of methoxy groups -OCH3 is 1. The number of aliphatic hydroxyl groups excluding tert-OH is 2. The van der Waals surface area contributed by atoms with E-state index in [0.29, 0.717) is 12.8 Å². The molecule has 0 saturated carbocycles. The van der Waals surface area contributed by atoms with Crippen LogP contribution in [0.2, 0.25) is 0 Å². The van der Waals surface area contributed by atoms with Gasteiger partial charge in [0.05, 0.1) is 19.3 Å². The van der Waals surface area contributed by atoms with E-state index in [1.807, 2.05) is 31.2 Å². The van der Waals surface area contributed by atoms with Gasteiger partial charge in [0, 0.05) is 0 Å². The number of hydrogen-bond donors (Lipinski definition) is 2. The fourth-order valence-electron chi connectivity index (χ4n) is 1.57. The van der Waals surface area contributed by atoms with Crippen LogP contribution in [-0.2, 0) is 0 Å². The second kappa shape index (κ2) is 6.51. The number of aliphatic hydroxyl groups is 2. The Labute approximate surface area is 96.7 Å². The van der Waals surface area contributed by atoms with Crippen LogP contribution in [0.5, 0.6) is 5.75 Å². The third-order valence-corrected chi connectivity index (χ3v) is 2.72. The van der Waals surface area contributed by atoms with E-state index < -0.39 is 6.10 Å². The highest BCUT2D eigenvalue weighted by molar-refractivity contribution is 5.29. The van der Waals surface area contributed by atoms with E-state index in [2.05, 4.69) is 0 Å². The standard InChI is InChI=1S/C13H20O3/c1-3-11(14)7-8-13(15)10-5-4-6-12(9-10)16-2/h4-6,9,11,13-15H,3,7-8H2,1-2H3. The van der Waals surface area contributed by atoms with Crippen LogP contribution in [0.25, 0.3) is 0 Å². The van der Waals surface area contributed by atoms with Crippen molar-refractivity contribution >= 4 is 0 Å². The molecule has 1 aromatic carbocycles. The molecular formula is C13H20O3. The molecule has 1 rings (SSSR count). The number of benzene rings is 1. The van der Waals surface area contributed by atoms with E-state index in [1.54, 1.807) is 7.11 Å². The Hall–Kier alpha value is -1.06. The summed E-state index contributed by atoms with van der Waals surface area (Å²) in [5.74, 6) is 0.743. The van der Waals surface area contributed by atoms with Gasteiger partial charge in [-0.05, 0) is 37.0 Å². The summed E-state index contributed by atoms with van der Waals surface area (Å²) >= 11 is 0. The predicted octanol–water partition coefficient (Wildman–Crippen LogP) is 2.28. The minimum absolute atomic E-state index is 0.319. The molecule has 3 nitrogen and oxygen atoms in total. The monoisotopic (exact) mass is 224 g/mol. The molecule has 0 heterocycles. The van der Waals surface area contributed by atoms with Gasteiger partial charge in [-0.2, -0.15) is 0 Å². The second-order valence-electron chi connectivity index (χ2n) is 3.93. The molecule has 0 aliphatic carbocycles. The summed E-state index contributed by atoms with van der Waals surface area (Å²) in [6.07, 6.45) is 1.07. The van der Waals surface area contributed by atoms with E-state index in [0.717, 1.165) is 17.7 Å². The summed E-state index contributed by atoms with van der Waals surface area (Å²) in [6.45, 7) is 1.93. The minimum atomic E-state index is -0.531. The first-order chi connectivity index (χ1) is 7.67. The van der Waals surface area contributed by atoms with E-state index in [9.17, 15) is 10.2 Å². The fourth-order valence-corrected chi connectivity index (χ4v) is 1.57. The average molecular weight is 224 g/mol. The van der Waals surface area contributed by atoms with Gasteiger partial charge in [-0.1, -0.05) is 19.1 Å². The van der Waals surface area contributed by atoms with Crippen molar-refractivity contribution < 1.29 is 14.9 Å². The molecule has 0 bridgehead atoms. The van der Waals surface area contributed by atoms with Crippen molar-refractivity contribution in [2.45, 2.75) is 38.4 Å². The van der Waals surface area contributed by atoms with E-state index in [1.165, 1.54) is 0 Å². The Kier molecular flexibility index (Phi) is 5.29. The maximum atomic E-state index is 9.92. The van der Waals surface area contributed by atoms with Crippen molar-refractivity contribution in [2.75, 3.05) is 7.11 Å². The third-order valence-electron chi connectivity index (χ3n) is 2.72. The molecule has 0 fully saturated rings. The highest BCUT2D eigenvalue weighted by atomic mass is 16.5. The minimum Gasteiger partial charge on any atom is -0.497 e. The van der Waals surface area contributed by atoms with Crippen LogP contribution in [0.15, 0.2) is 24.3 Å². The van der Waals surface area contributed by atoms with Gasteiger partial charge in [0.1, 0.15) is 5.75 Å². The smallest absolute Gasteiger partial charge is 0.119 e. The van der Waals surface area contributed by atoms with Gasteiger partial charge in [0.15, 0.2) is 0 Å². The zero-order valence-electron chi connectivity index (χ0n) is 9.89. The van der Waals surface area contributed by atoms with Crippen LogP contribution < -0.4 is 4.74 Å². The average Bonchev–Trinajstić information content (AvgIpc) is 2.35. The lowest BCUT2D eigenvalue weighted by Crippen LogP contribution is -2.07.